The van der Waals surface area contributed by atoms with Gasteiger partial charge in [0.1, 0.15) is 16.8 Å². The molecule has 0 saturated carbocycles. The molecular weight excluding hydrogens is 346 g/mol. The van der Waals surface area contributed by atoms with Gasteiger partial charge in [-0.3, -0.25) is 4.79 Å². The van der Waals surface area contributed by atoms with Crippen LogP contribution in [0, 0.1) is 11.3 Å². The number of hydrogen-bond donors (Lipinski definition) is 1. The highest BCUT2D eigenvalue weighted by Crippen LogP contribution is 2.30. The summed E-state index contributed by atoms with van der Waals surface area (Å²) in [6.45, 7) is 4.36. The number of rotatable bonds is 6. The quantitative estimate of drug-likeness (QED) is 0.782. The summed E-state index contributed by atoms with van der Waals surface area (Å²) in [5.74, 6) is 0.652. The van der Waals surface area contributed by atoms with Gasteiger partial charge in [-0.1, -0.05) is 11.8 Å². The zero-order valence-electron chi connectivity index (χ0n) is 14.9. The summed E-state index contributed by atoms with van der Waals surface area (Å²) >= 11 is 1.33. The van der Waals surface area contributed by atoms with Gasteiger partial charge in [-0.25, -0.2) is 4.98 Å². The molecule has 0 radical (unpaired) electrons. The number of hydrogen-bond acceptors (Lipinski definition) is 5. The molecule has 2 aromatic rings. The first-order chi connectivity index (χ1) is 12.6. The molecule has 1 heterocycles. The highest BCUT2D eigenvalue weighted by Gasteiger charge is 2.21. The molecule has 1 aromatic carbocycles. The normalized spacial score (nSPS) is 13.6. The molecule has 6 heteroatoms. The van der Waals surface area contributed by atoms with E-state index in [0.29, 0.717) is 22.9 Å². The Bertz CT molecular complexity index is 843. The number of nitrogens with zero attached hydrogens (tertiary/aromatic N) is 2. The second-order valence-corrected chi connectivity index (χ2v) is 7.45. The Morgan fingerprint density at radius 3 is 2.85 bits per heavy atom. The van der Waals surface area contributed by atoms with Crippen LogP contribution in [-0.4, -0.2) is 22.7 Å². The lowest BCUT2D eigenvalue weighted by Gasteiger charge is -2.13. The molecule has 1 atom stereocenters. The molecule has 0 fully saturated rings. The standard InChI is InChI=1S/C20H21N3O2S/c1-3-25-17-9-7-16(8-10-17)22-19(24)13(2)26-20-15(12-21)11-14-5-4-6-18(14)23-20/h7-11,13H,3-6H2,1-2H3,(H,22,24). The fraction of sp³-hybridized carbons (Fsp3) is 0.350. The number of carbonyl (C=O) groups excluding carboxylic acids is 1. The summed E-state index contributed by atoms with van der Waals surface area (Å²) < 4.78 is 5.40. The van der Waals surface area contributed by atoms with Gasteiger partial charge in [0, 0.05) is 11.4 Å². The van der Waals surface area contributed by atoms with Crippen molar-refractivity contribution in [3.63, 3.8) is 0 Å². The van der Waals surface area contributed by atoms with Crippen LogP contribution < -0.4 is 10.1 Å². The Morgan fingerprint density at radius 2 is 2.15 bits per heavy atom. The van der Waals surface area contributed by atoms with E-state index in [1.807, 2.05) is 44.2 Å². The van der Waals surface area contributed by atoms with Gasteiger partial charge in [0.25, 0.3) is 0 Å². The highest BCUT2D eigenvalue weighted by molar-refractivity contribution is 8.00. The summed E-state index contributed by atoms with van der Waals surface area (Å²) in [5, 5.41) is 12.6. The highest BCUT2D eigenvalue weighted by atomic mass is 32.2. The third-order valence-corrected chi connectivity index (χ3v) is 5.33. The van der Waals surface area contributed by atoms with Crippen molar-refractivity contribution in [1.82, 2.24) is 4.98 Å². The lowest BCUT2D eigenvalue weighted by Crippen LogP contribution is -2.22. The lowest BCUT2D eigenvalue weighted by atomic mass is 10.2. The van der Waals surface area contributed by atoms with Crippen LogP contribution in [0.15, 0.2) is 35.4 Å². The number of ether oxygens (including phenoxy) is 1. The van der Waals surface area contributed by atoms with E-state index in [1.54, 1.807) is 0 Å². The molecule has 1 unspecified atom stereocenters. The number of benzene rings is 1. The summed E-state index contributed by atoms with van der Waals surface area (Å²) in [6.07, 6.45) is 3.01. The molecular formula is C20H21N3O2S. The van der Waals surface area contributed by atoms with Crippen LogP contribution in [-0.2, 0) is 17.6 Å². The van der Waals surface area contributed by atoms with E-state index in [9.17, 15) is 10.1 Å². The van der Waals surface area contributed by atoms with E-state index in [0.717, 1.165) is 36.3 Å². The maximum absolute atomic E-state index is 12.5. The number of nitrogens with one attached hydrogen (secondary N) is 1. The molecule has 1 amide bonds. The van der Waals surface area contributed by atoms with Crippen LogP contribution in [0.25, 0.3) is 0 Å². The van der Waals surface area contributed by atoms with Gasteiger partial charge in [0.05, 0.1) is 17.4 Å². The number of thioether (sulfide) groups is 1. The monoisotopic (exact) mass is 367 g/mol. The van der Waals surface area contributed by atoms with Crippen molar-refractivity contribution in [2.24, 2.45) is 0 Å². The number of amides is 1. The van der Waals surface area contributed by atoms with Crippen molar-refractivity contribution in [2.45, 2.75) is 43.4 Å². The van der Waals surface area contributed by atoms with Crippen molar-refractivity contribution in [1.29, 1.82) is 5.26 Å². The lowest BCUT2D eigenvalue weighted by molar-refractivity contribution is -0.115. The van der Waals surface area contributed by atoms with E-state index in [4.69, 9.17) is 4.74 Å². The van der Waals surface area contributed by atoms with Crippen LogP contribution in [0.1, 0.15) is 37.1 Å². The zero-order valence-corrected chi connectivity index (χ0v) is 15.7. The van der Waals surface area contributed by atoms with E-state index in [1.165, 1.54) is 11.8 Å². The second-order valence-electron chi connectivity index (χ2n) is 6.12. The Kier molecular flexibility index (Phi) is 5.79. The Labute approximate surface area is 157 Å². The maximum atomic E-state index is 12.5. The number of aryl methyl sites for hydroxylation is 2. The SMILES string of the molecule is CCOc1ccc(NC(=O)C(C)Sc2nc3c(cc2C#N)CCC3)cc1. The molecule has 1 aliphatic rings. The Hall–Kier alpha value is -2.52. The summed E-state index contributed by atoms with van der Waals surface area (Å²) in [4.78, 5) is 17.1. The van der Waals surface area contributed by atoms with Gasteiger partial charge in [-0.15, -0.1) is 0 Å². The minimum absolute atomic E-state index is 0.120. The van der Waals surface area contributed by atoms with Crippen molar-refractivity contribution in [3.05, 3.63) is 47.2 Å². The third-order valence-electron chi connectivity index (χ3n) is 4.23. The summed E-state index contributed by atoms with van der Waals surface area (Å²) in [6, 6.07) is 11.4. The summed E-state index contributed by atoms with van der Waals surface area (Å²) in [5.41, 5.74) is 3.49. The fourth-order valence-electron chi connectivity index (χ4n) is 2.89. The minimum atomic E-state index is -0.361. The molecule has 3 rings (SSSR count). The average molecular weight is 367 g/mol. The molecule has 0 saturated heterocycles. The molecule has 0 spiro atoms. The van der Waals surface area contributed by atoms with Gasteiger partial charge in [0.2, 0.25) is 5.91 Å². The zero-order chi connectivity index (χ0) is 18.5. The predicted molar refractivity (Wildman–Crippen MR) is 103 cm³/mol. The fourth-order valence-corrected chi connectivity index (χ4v) is 3.78. The van der Waals surface area contributed by atoms with Crippen molar-refractivity contribution in [3.8, 4) is 11.8 Å². The van der Waals surface area contributed by atoms with Gasteiger partial charge in [-0.2, -0.15) is 5.26 Å². The van der Waals surface area contributed by atoms with Gasteiger partial charge < -0.3 is 10.1 Å². The first-order valence-corrected chi connectivity index (χ1v) is 9.62. The first kappa shape index (κ1) is 18.3. The first-order valence-electron chi connectivity index (χ1n) is 8.74. The summed E-state index contributed by atoms with van der Waals surface area (Å²) in [7, 11) is 0. The molecule has 5 nitrogen and oxygen atoms in total. The van der Waals surface area contributed by atoms with E-state index >= 15 is 0 Å². The smallest absolute Gasteiger partial charge is 0.237 e. The second kappa shape index (κ2) is 8.24. The number of anilines is 1. The van der Waals surface area contributed by atoms with Gasteiger partial charge >= 0.3 is 0 Å². The van der Waals surface area contributed by atoms with Crippen molar-refractivity contribution in [2.75, 3.05) is 11.9 Å². The maximum Gasteiger partial charge on any atom is 0.237 e. The number of pyridine rings is 1. The van der Waals surface area contributed by atoms with Crippen molar-refractivity contribution >= 4 is 23.4 Å². The molecule has 0 aliphatic heterocycles. The number of aromatic nitrogens is 1. The van der Waals surface area contributed by atoms with Crippen LogP contribution >= 0.6 is 11.8 Å². The van der Waals surface area contributed by atoms with Crippen LogP contribution in [0.5, 0.6) is 5.75 Å². The van der Waals surface area contributed by atoms with Crippen molar-refractivity contribution < 1.29 is 9.53 Å². The van der Waals surface area contributed by atoms with E-state index in [2.05, 4.69) is 16.4 Å². The van der Waals surface area contributed by atoms with Gasteiger partial charge in [-0.05, 0) is 69.0 Å². The van der Waals surface area contributed by atoms with Crippen LogP contribution in [0.2, 0.25) is 0 Å². The molecule has 134 valence electrons. The topological polar surface area (TPSA) is 75.0 Å². The molecule has 26 heavy (non-hydrogen) atoms. The molecule has 1 aromatic heterocycles. The largest absolute Gasteiger partial charge is 0.494 e. The number of carbonyl (C=O) groups is 1. The number of fused-ring (bicyclic) bond motifs is 1. The third kappa shape index (κ3) is 4.17. The molecule has 0 bridgehead atoms. The Morgan fingerprint density at radius 1 is 1.38 bits per heavy atom. The number of nitriles is 1. The Balaban J connectivity index is 1.67. The van der Waals surface area contributed by atoms with Gasteiger partial charge in [0.15, 0.2) is 0 Å². The predicted octanol–water partition coefficient (Wildman–Crippen LogP) is 3.96. The van der Waals surface area contributed by atoms with E-state index < -0.39 is 0 Å². The molecule has 1 aliphatic carbocycles. The van der Waals surface area contributed by atoms with E-state index in [-0.39, 0.29) is 11.2 Å². The minimum Gasteiger partial charge on any atom is -0.494 e. The van der Waals surface area contributed by atoms with Crippen LogP contribution in [0.3, 0.4) is 0 Å². The molecule has 1 N–H and O–H groups in total. The average Bonchev–Trinajstić information content (AvgIpc) is 3.10. The van der Waals surface area contributed by atoms with Crippen LogP contribution in [0.4, 0.5) is 5.69 Å².